The quantitative estimate of drug-likeness (QED) is 0.778. The summed E-state index contributed by atoms with van der Waals surface area (Å²) in [6.45, 7) is 2.25. The normalized spacial score (nSPS) is 32.0. The van der Waals surface area contributed by atoms with E-state index in [9.17, 15) is 0 Å². The number of nitrogens with zero attached hydrogens (tertiary/aromatic N) is 1. The van der Waals surface area contributed by atoms with Crippen molar-refractivity contribution >= 4 is 0 Å². The van der Waals surface area contributed by atoms with Crippen LogP contribution in [0, 0.1) is 5.92 Å². The molecule has 0 bridgehead atoms. The zero-order chi connectivity index (χ0) is 10.0. The van der Waals surface area contributed by atoms with E-state index in [1.807, 2.05) is 12.3 Å². The summed E-state index contributed by atoms with van der Waals surface area (Å²) >= 11 is 0. The van der Waals surface area contributed by atoms with Gasteiger partial charge in [0.25, 0.3) is 0 Å². The second-order valence-electron chi connectivity index (χ2n) is 4.41. The van der Waals surface area contributed by atoms with E-state index in [-0.39, 0.29) is 5.54 Å². The summed E-state index contributed by atoms with van der Waals surface area (Å²) in [6, 6.07) is 4.08. The zero-order valence-corrected chi connectivity index (χ0v) is 8.74. The van der Waals surface area contributed by atoms with E-state index < -0.39 is 0 Å². The Hall–Kier alpha value is -0.890. The lowest BCUT2D eigenvalue weighted by Crippen LogP contribution is -2.33. The predicted octanol–water partition coefficient (Wildman–Crippen LogP) is 2.45. The molecule has 2 N–H and O–H groups in total. The van der Waals surface area contributed by atoms with Crippen molar-refractivity contribution in [2.75, 3.05) is 0 Å². The molecule has 2 atom stereocenters. The van der Waals surface area contributed by atoms with Crippen molar-refractivity contribution in [2.24, 2.45) is 11.7 Å². The molecular formula is C12H18N2. The third-order valence-electron chi connectivity index (χ3n) is 3.47. The van der Waals surface area contributed by atoms with Gasteiger partial charge < -0.3 is 5.73 Å². The molecule has 2 rings (SSSR count). The van der Waals surface area contributed by atoms with Gasteiger partial charge >= 0.3 is 0 Å². The van der Waals surface area contributed by atoms with Gasteiger partial charge in [-0.25, -0.2) is 0 Å². The van der Waals surface area contributed by atoms with Gasteiger partial charge in [0.15, 0.2) is 0 Å². The molecule has 0 radical (unpaired) electrons. The smallest absolute Gasteiger partial charge is 0.0427 e. The van der Waals surface area contributed by atoms with Crippen LogP contribution in [0.1, 0.15) is 38.2 Å². The Balaban J connectivity index is 2.19. The maximum Gasteiger partial charge on any atom is 0.0427 e. The molecule has 1 aromatic heterocycles. The topological polar surface area (TPSA) is 38.9 Å². The number of hydrogen-bond acceptors (Lipinski definition) is 2. The van der Waals surface area contributed by atoms with Crippen molar-refractivity contribution in [3.05, 3.63) is 30.1 Å². The van der Waals surface area contributed by atoms with Crippen molar-refractivity contribution < 1.29 is 0 Å². The summed E-state index contributed by atoms with van der Waals surface area (Å²) in [5.74, 6) is 0.806. The van der Waals surface area contributed by atoms with Crippen molar-refractivity contribution in [3.63, 3.8) is 0 Å². The third-order valence-corrected chi connectivity index (χ3v) is 3.47. The molecule has 1 aliphatic carbocycles. The SMILES string of the molecule is CCC1CCC(N)(c2cccnc2)C1. The molecule has 2 nitrogen and oxygen atoms in total. The van der Waals surface area contributed by atoms with Gasteiger partial charge in [-0.15, -0.1) is 0 Å². The minimum Gasteiger partial charge on any atom is -0.321 e. The lowest BCUT2D eigenvalue weighted by molar-refractivity contribution is 0.423. The molecule has 0 aromatic carbocycles. The van der Waals surface area contributed by atoms with E-state index in [0.29, 0.717) is 0 Å². The van der Waals surface area contributed by atoms with Gasteiger partial charge in [-0.1, -0.05) is 19.4 Å². The maximum absolute atomic E-state index is 6.41. The summed E-state index contributed by atoms with van der Waals surface area (Å²) in [4.78, 5) is 4.15. The first-order valence-corrected chi connectivity index (χ1v) is 5.44. The average molecular weight is 190 g/mol. The molecule has 76 valence electrons. The van der Waals surface area contributed by atoms with E-state index in [2.05, 4.69) is 18.0 Å². The molecule has 0 spiro atoms. The molecule has 14 heavy (non-hydrogen) atoms. The molecule has 1 saturated carbocycles. The summed E-state index contributed by atoms with van der Waals surface area (Å²) in [5.41, 5.74) is 7.51. The fourth-order valence-corrected chi connectivity index (χ4v) is 2.45. The van der Waals surface area contributed by atoms with Gasteiger partial charge in [0.1, 0.15) is 0 Å². The number of pyridine rings is 1. The van der Waals surface area contributed by atoms with E-state index in [1.54, 1.807) is 6.20 Å². The molecule has 0 amide bonds. The fraction of sp³-hybridized carbons (Fsp3) is 0.583. The first-order chi connectivity index (χ1) is 6.74. The van der Waals surface area contributed by atoms with Crippen molar-refractivity contribution in [1.29, 1.82) is 0 Å². The Kier molecular flexibility index (Phi) is 2.55. The minimum absolute atomic E-state index is 0.102. The Bertz CT molecular complexity index is 296. The van der Waals surface area contributed by atoms with Gasteiger partial charge in [0.05, 0.1) is 0 Å². The lowest BCUT2D eigenvalue weighted by atomic mass is 9.89. The van der Waals surface area contributed by atoms with E-state index in [4.69, 9.17) is 5.73 Å². The van der Waals surface area contributed by atoms with Crippen LogP contribution in [-0.4, -0.2) is 4.98 Å². The van der Waals surface area contributed by atoms with Crippen LogP contribution in [0.25, 0.3) is 0 Å². The first-order valence-electron chi connectivity index (χ1n) is 5.44. The highest BCUT2D eigenvalue weighted by Crippen LogP contribution is 2.40. The second kappa shape index (κ2) is 3.70. The molecule has 2 heteroatoms. The molecule has 1 aliphatic rings. The minimum atomic E-state index is -0.102. The Morgan fingerprint density at radius 3 is 3.07 bits per heavy atom. The summed E-state index contributed by atoms with van der Waals surface area (Å²) in [5, 5.41) is 0. The van der Waals surface area contributed by atoms with Crippen LogP contribution in [0.4, 0.5) is 0 Å². The molecule has 0 aliphatic heterocycles. The summed E-state index contributed by atoms with van der Waals surface area (Å²) in [7, 11) is 0. The molecular weight excluding hydrogens is 172 g/mol. The highest BCUT2D eigenvalue weighted by Gasteiger charge is 2.36. The van der Waals surface area contributed by atoms with Gasteiger partial charge in [-0.2, -0.15) is 0 Å². The fourth-order valence-electron chi connectivity index (χ4n) is 2.45. The van der Waals surface area contributed by atoms with E-state index in [0.717, 1.165) is 18.8 Å². The van der Waals surface area contributed by atoms with E-state index >= 15 is 0 Å². The molecule has 0 saturated heterocycles. The van der Waals surface area contributed by atoms with Crippen molar-refractivity contribution in [3.8, 4) is 0 Å². The summed E-state index contributed by atoms with van der Waals surface area (Å²) in [6.07, 6.45) is 8.46. The van der Waals surface area contributed by atoms with Crippen LogP contribution in [0.15, 0.2) is 24.5 Å². The maximum atomic E-state index is 6.41. The molecule has 1 fully saturated rings. The monoisotopic (exact) mass is 190 g/mol. The highest BCUT2D eigenvalue weighted by molar-refractivity contribution is 5.21. The first kappa shape index (κ1) is 9.66. The largest absolute Gasteiger partial charge is 0.321 e. The molecule has 2 unspecified atom stereocenters. The van der Waals surface area contributed by atoms with Crippen LogP contribution in [0.3, 0.4) is 0 Å². The van der Waals surface area contributed by atoms with Gasteiger partial charge in [-0.3, -0.25) is 4.98 Å². The van der Waals surface area contributed by atoms with Gasteiger partial charge in [-0.05, 0) is 36.8 Å². The van der Waals surface area contributed by atoms with Crippen LogP contribution in [0.2, 0.25) is 0 Å². The highest BCUT2D eigenvalue weighted by atomic mass is 14.8. The van der Waals surface area contributed by atoms with Gasteiger partial charge in [0, 0.05) is 17.9 Å². The van der Waals surface area contributed by atoms with Crippen molar-refractivity contribution in [1.82, 2.24) is 4.98 Å². The van der Waals surface area contributed by atoms with Gasteiger partial charge in [0.2, 0.25) is 0 Å². The Labute approximate surface area is 85.5 Å². The molecule has 1 aromatic rings. The standard InChI is InChI=1S/C12H18N2/c1-2-10-5-6-12(13,8-10)11-4-3-7-14-9-11/h3-4,7,9-10H,2,5-6,8,13H2,1H3. The van der Waals surface area contributed by atoms with Crippen LogP contribution in [0.5, 0.6) is 0 Å². The number of nitrogens with two attached hydrogens (primary N) is 1. The average Bonchev–Trinajstić information content (AvgIpc) is 2.63. The number of rotatable bonds is 2. The summed E-state index contributed by atoms with van der Waals surface area (Å²) < 4.78 is 0. The van der Waals surface area contributed by atoms with Crippen LogP contribution >= 0.6 is 0 Å². The number of hydrogen-bond donors (Lipinski definition) is 1. The van der Waals surface area contributed by atoms with Crippen molar-refractivity contribution in [2.45, 2.75) is 38.1 Å². The Morgan fingerprint density at radius 2 is 2.50 bits per heavy atom. The third kappa shape index (κ3) is 1.67. The van der Waals surface area contributed by atoms with Crippen LogP contribution < -0.4 is 5.73 Å². The second-order valence-corrected chi connectivity index (χ2v) is 4.41. The predicted molar refractivity (Wildman–Crippen MR) is 57.7 cm³/mol. The zero-order valence-electron chi connectivity index (χ0n) is 8.74. The lowest BCUT2D eigenvalue weighted by Gasteiger charge is -2.24. The molecule has 1 heterocycles. The van der Waals surface area contributed by atoms with E-state index in [1.165, 1.54) is 18.4 Å². The number of aromatic nitrogens is 1. The van der Waals surface area contributed by atoms with Crippen LogP contribution in [-0.2, 0) is 5.54 Å². The Morgan fingerprint density at radius 1 is 1.64 bits per heavy atom.